The number of H-pyrrole nitrogens is 1. The van der Waals surface area contributed by atoms with Crippen LogP contribution >= 0.6 is 0 Å². The van der Waals surface area contributed by atoms with E-state index in [9.17, 15) is 4.79 Å². The monoisotopic (exact) mass is 137 g/mol. The number of carbonyl (C=O) groups is 1. The molecule has 10 heavy (non-hydrogen) atoms. The summed E-state index contributed by atoms with van der Waals surface area (Å²) < 4.78 is 0. The fourth-order valence-corrected chi connectivity index (χ4v) is 0.577. The van der Waals surface area contributed by atoms with Crippen molar-refractivity contribution in [3.8, 4) is 0 Å². The Morgan fingerprint density at radius 2 is 2.60 bits per heavy atom. The van der Waals surface area contributed by atoms with Crippen molar-refractivity contribution in [2.75, 3.05) is 5.32 Å². The molecule has 0 aliphatic carbocycles. The van der Waals surface area contributed by atoms with Crippen molar-refractivity contribution < 1.29 is 4.79 Å². The number of aromatic amines is 1. The third-order valence-corrected chi connectivity index (χ3v) is 1.00. The quantitative estimate of drug-likeness (QED) is 0.600. The number of amides is 1. The molecule has 1 rings (SSSR count). The number of rotatable bonds is 3. The molecule has 1 heterocycles. The van der Waals surface area contributed by atoms with Gasteiger partial charge >= 0.3 is 0 Å². The van der Waals surface area contributed by atoms with Crippen molar-refractivity contribution >= 4 is 18.3 Å². The normalized spacial score (nSPS) is 8.80. The van der Waals surface area contributed by atoms with Crippen LogP contribution in [0.5, 0.6) is 0 Å². The van der Waals surface area contributed by atoms with E-state index in [1.165, 1.54) is 6.20 Å². The molecule has 0 aliphatic rings. The summed E-state index contributed by atoms with van der Waals surface area (Å²) in [5.41, 5.74) is 0. The van der Waals surface area contributed by atoms with Crippen molar-refractivity contribution in [1.29, 1.82) is 0 Å². The van der Waals surface area contributed by atoms with Gasteiger partial charge in [0.05, 0.1) is 6.20 Å². The van der Waals surface area contributed by atoms with E-state index in [-0.39, 0.29) is 0 Å². The molecule has 0 aliphatic heterocycles. The van der Waals surface area contributed by atoms with E-state index in [1.807, 2.05) is 0 Å². The van der Waals surface area contributed by atoms with Crippen molar-refractivity contribution in [2.45, 2.75) is 0 Å². The van der Waals surface area contributed by atoms with Crippen LogP contribution in [0.4, 0.5) is 5.82 Å². The van der Waals surface area contributed by atoms with Crippen LogP contribution < -0.4 is 5.32 Å². The molecule has 0 bridgehead atoms. The average molecular weight is 137 g/mol. The standard InChI is InChI=1S/C6H7N3O/c1-2-5-7-3-6(9-5)8-4-10/h2-4H,1H2,(H,7,9)(H,8,10). The number of imidazole rings is 1. The Labute approximate surface area is 58.0 Å². The first-order valence-corrected chi connectivity index (χ1v) is 2.74. The Morgan fingerprint density at radius 3 is 3.10 bits per heavy atom. The Kier molecular flexibility index (Phi) is 1.84. The summed E-state index contributed by atoms with van der Waals surface area (Å²) in [5, 5.41) is 2.42. The fourth-order valence-electron chi connectivity index (χ4n) is 0.577. The predicted molar refractivity (Wildman–Crippen MR) is 38.4 cm³/mol. The topological polar surface area (TPSA) is 57.8 Å². The van der Waals surface area contributed by atoms with Gasteiger partial charge < -0.3 is 10.3 Å². The van der Waals surface area contributed by atoms with Gasteiger partial charge in [-0.25, -0.2) is 4.98 Å². The molecule has 4 heteroatoms. The zero-order chi connectivity index (χ0) is 7.40. The summed E-state index contributed by atoms with van der Waals surface area (Å²) >= 11 is 0. The maximum atomic E-state index is 9.89. The first kappa shape index (κ1) is 6.54. The van der Waals surface area contributed by atoms with Crippen LogP contribution in [0.25, 0.3) is 6.08 Å². The lowest BCUT2D eigenvalue weighted by atomic mass is 10.6. The van der Waals surface area contributed by atoms with Gasteiger partial charge in [-0.1, -0.05) is 6.58 Å². The van der Waals surface area contributed by atoms with Gasteiger partial charge in [0.1, 0.15) is 11.6 Å². The lowest BCUT2D eigenvalue weighted by Gasteiger charge is -1.87. The summed E-state index contributed by atoms with van der Waals surface area (Å²) in [7, 11) is 0. The van der Waals surface area contributed by atoms with Crippen molar-refractivity contribution in [3.05, 3.63) is 18.6 Å². The van der Waals surface area contributed by atoms with Crippen LogP contribution in [0.3, 0.4) is 0 Å². The van der Waals surface area contributed by atoms with Crippen LogP contribution in [0.2, 0.25) is 0 Å². The van der Waals surface area contributed by atoms with Crippen molar-refractivity contribution in [3.63, 3.8) is 0 Å². The van der Waals surface area contributed by atoms with Gasteiger partial charge in [0.2, 0.25) is 6.41 Å². The Hall–Kier alpha value is -1.58. The van der Waals surface area contributed by atoms with Crippen LogP contribution in [0.1, 0.15) is 5.82 Å². The molecular formula is C6H7N3O. The van der Waals surface area contributed by atoms with E-state index >= 15 is 0 Å². The number of hydrogen-bond acceptors (Lipinski definition) is 2. The van der Waals surface area contributed by atoms with Gasteiger partial charge in [-0.15, -0.1) is 0 Å². The molecular weight excluding hydrogens is 130 g/mol. The second kappa shape index (κ2) is 2.82. The molecule has 0 radical (unpaired) electrons. The third kappa shape index (κ3) is 1.22. The molecule has 0 unspecified atom stereocenters. The molecule has 0 saturated carbocycles. The molecule has 1 aromatic rings. The zero-order valence-corrected chi connectivity index (χ0v) is 5.29. The van der Waals surface area contributed by atoms with E-state index < -0.39 is 0 Å². The number of nitrogens with zero attached hydrogens (tertiary/aromatic N) is 1. The highest BCUT2D eigenvalue weighted by atomic mass is 16.1. The summed E-state index contributed by atoms with van der Waals surface area (Å²) in [5.74, 6) is 1.22. The molecule has 1 amide bonds. The van der Waals surface area contributed by atoms with Crippen LogP contribution in [-0.2, 0) is 4.79 Å². The van der Waals surface area contributed by atoms with E-state index in [2.05, 4.69) is 21.9 Å². The molecule has 0 spiro atoms. The van der Waals surface area contributed by atoms with Crippen molar-refractivity contribution in [1.82, 2.24) is 9.97 Å². The maximum absolute atomic E-state index is 9.89. The molecule has 1 aromatic heterocycles. The minimum Gasteiger partial charge on any atom is -0.325 e. The van der Waals surface area contributed by atoms with E-state index in [0.717, 1.165) is 0 Å². The highest BCUT2D eigenvalue weighted by Gasteiger charge is 1.92. The maximum Gasteiger partial charge on any atom is 0.212 e. The first-order chi connectivity index (χ1) is 4.86. The highest BCUT2D eigenvalue weighted by Crippen LogP contribution is 2.01. The molecule has 4 nitrogen and oxygen atoms in total. The lowest BCUT2D eigenvalue weighted by Crippen LogP contribution is -1.92. The SMILES string of the molecule is C=Cc1ncc(NC=O)[nH]1. The number of carbonyl (C=O) groups excluding carboxylic acids is 1. The Morgan fingerprint density at radius 1 is 1.80 bits per heavy atom. The second-order valence-corrected chi connectivity index (χ2v) is 1.65. The smallest absolute Gasteiger partial charge is 0.212 e. The van der Waals surface area contributed by atoms with Crippen molar-refractivity contribution in [2.24, 2.45) is 0 Å². The average Bonchev–Trinajstić information content (AvgIpc) is 2.37. The van der Waals surface area contributed by atoms with E-state index in [0.29, 0.717) is 18.1 Å². The zero-order valence-electron chi connectivity index (χ0n) is 5.29. The molecule has 0 aromatic carbocycles. The molecule has 52 valence electrons. The Bertz CT molecular complexity index is 241. The van der Waals surface area contributed by atoms with Gasteiger partial charge in [-0.3, -0.25) is 4.79 Å². The van der Waals surface area contributed by atoms with Gasteiger partial charge in [0, 0.05) is 0 Å². The number of nitrogens with one attached hydrogen (secondary N) is 2. The Balaban J connectivity index is 2.77. The van der Waals surface area contributed by atoms with E-state index in [4.69, 9.17) is 0 Å². The van der Waals surface area contributed by atoms with Crippen LogP contribution in [0, 0.1) is 0 Å². The largest absolute Gasteiger partial charge is 0.325 e. The summed E-state index contributed by atoms with van der Waals surface area (Å²) in [6, 6.07) is 0. The summed E-state index contributed by atoms with van der Waals surface area (Å²) in [4.78, 5) is 16.5. The van der Waals surface area contributed by atoms with Gasteiger partial charge in [-0.2, -0.15) is 0 Å². The van der Waals surface area contributed by atoms with Gasteiger partial charge in [-0.05, 0) is 6.08 Å². The van der Waals surface area contributed by atoms with Crippen LogP contribution in [0.15, 0.2) is 12.8 Å². The predicted octanol–water partition coefficient (Wildman–Crippen LogP) is 0.621. The van der Waals surface area contributed by atoms with Gasteiger partial charge in [0.15, 0.2) is 0 Å². The molecule has 2 N–H and O–H groups in total. The number of aromatic nitrogens is 2. The van der Waals surface area contributed by atoms with Gasteiger partial charge in [0.25, 0.3) is 0 Å². The first-order valence-electron chi connectivity index (χ1n) is 2.74. The third-order valence-electron chi connectivity index (χ3n) is 1.00. The van der Waals surface area contributed by atoms with Crippen LogP contribution in [-0.4, -0.2) is 16.4 Å². The number of hydrogen-bond donors (Lipinski definition) is 2. The minimum absolute atomic E-state index is 0.574. The molecule has 0 atom stereocenters. The minimum atomic E-state index is 0.574. The fraction of sp³-hybridized carbons (Fsp3) is 0. The lowest BCUT2D eigenvalue weighted by molar-refractivity contribution is -0.105. The highest BCUT2D eigenvalue weighted by molar-refractivity contribution is 5.68. The molecule has 0 fully saturated rings. The number of anilines is 1. The molecule has 0 saturated heterocycles. The second-order valence-electron chi connectivity index (χ2n) is 1.65. The summed E-state index contributed by atoms with van der Waals surface area (Å²) in [6.45, 7) is 3.49. The summed E-state index contributed by atoms with van der Waals surface area (Å²) in [6.07, 6.45) is 3.67. The van der Waals surface area contributed by atoms with E-state index in [1.54, 1.807) is 6.08 Å².